The quantitative estimate of drug-likeness (QED) is 0.764. The summed E-state index contributed by atoms with van der Waals surface area (Å²) in [5.74, 6) is 0.633. The number of hydrogen-bond donors (Lipinski definition) is 1. The Morgan fingerprint density at radius 2 is 2.00 bits per heavy atom. The van der Waals surface area contributed by atoms with Gasteiger partial charge in [0, 0.05) is 36.7 Å². The van der Waals surface area contributed by atoms with Crippen molar-refractivity contribution in [3.8, 4) is 5.75 Å². The van der Waals surface area contributed by atoms with Crippen LogP contribution in [0.4, 0.5) is 10.5 Å². The fourth-order valence-corrected chi connectivity index (χ4v) is 3.44. The van der Waals surface area contributed by atoms with Gasteiger partial charge in [-0.15, -0.1) is 0 Å². The highest BCUT2D eigenvalue weighted by atomic mass is 16.6. The molecule has 8 heteroatoms. The maximum atomic E-state index is 12.4. The van der Waals surface area contributed by atoms with Crippen LogP contribution in [0.3, 0.4) is 0 Å². The monoisotopic (exact) mass is 415 g/mol. The van der Waals surface area contributed by atoms with Gasteiger partial charge < -0.3 is 24.6 Å². The van der Waals surface area contributed by atoms with E-state index in [0.717, 1.165) is 5.56 Å². The zero-order chi connectivity index (χ0) is 21.9. The fourth-order valence-electron chi connectivity index (χ4n) is 3.44. The molecule has 0 saturated carbocycles. The number of carbonyl (C=O) groups is 3. The summed E-state index contributed by atoms with van der Waals surface area (Å²) >= 11 is 0. The first-order chi connectivity index (χ1) is 14.1. The van der Waals surface area contributed by atoms with Gasteiger partial charge in [0.2, 0.25) is 11.8 Å². The van der Waals surface area contributed by atoms with Crippen molar-refractivity contribution in [2.24, 2.45) is 5.92 Å². The standard InChI is InChI=1S/C22H29N3O5/c1-5-20(27)25-12-15(13-25)10-19(26)23-17-6-7-18-16(11-17)14-24(8-9-29-18)21(28)30-22(2,3)4/h5-7,11,15H,1,8-10,12-14H2,2-4H3,(H,23,26). The molecule has 0 spiro atoms. The summed E-state index contributed by atoms with van der Waals surface area (Å²) in [4.78, 5) is 39.6. The molecule has 30 heavy (non-hydrogen) atoms. The number of carbonyl (C=O) groups excluding carboxylic acids is 3. The average Bonchev–Trinajstić information content (AvgIpc) is 2.84. The molecule has 1 saturated heterocycles. The van der Waals surface area contributed by atoms with Crippen molar-refractivity contribution in [1.29, 1.82) is 0 Å². The molecule has 2 heterocycles. The van der Waals surface area contributed by atoms with Crippen LogP contribution in [-0.4, -0.2) is 59.5 Å². The summed E-state index contributed by atoms with van der Waals surface area (Å²) in [6.45, 7) is 11.2. The van der Waals surface area contributed by atoms with E-state index in [1.807, 2.05) is 26.8 Å². The summed E-state index contributed by atoms with van der Waals surface area (Å²) < 4.78 is 11.2. The van der Waals surface area contributed by atoms with Gasteiger partial charge >= 0.3 is 6.09 Å². The minimum atomic E-state index is -0.573. The topological polar surface area (TPSA) is 88.2 Å². The van der Waals surface area contributed by atoms with Crippen LogP contribution in [0.1, 0.15) is 32.8 Å². The largest absolute Gasteiger partial charge is 0.491 e. The maximum Gasteiger partial charge on any atom is 0.410 e. The third-order valence-electron chi connectivity index (χ3n) is 4.89. The minimum Gasteiger partial charge on any atom is -0.491 e. The molecule has 0 aliphatic carbocycles. The Kier molecular flexibility index (Phi) is 6.34. The SMILES string of the molecule is C=CC(=O)N1CC(CC(=O)Nc2ccc3c(c2)CN(C(=O)OC(C)(C)C)CCO3)C1. The molecule has 0 unspecified atom stereocenters. The minimum absolute atomic E-state index is 0.105. The maximum absolute atomic E-state index is 12.4. The zero-order valence-electron chi connectivity index (χ0n) is 17.8. The van der Waals surface area contributed by atoms with E-state index < -0.39 is 11.7 Å². The number of benzene rings is 1. The van der Waals surface area contributed by atoms with E-state index in [0.29, 0.717) is 50.6 Å². The molecular weight excluding hydrogens is 386 g/mol. The molecule has 0 aromatic heterocycles. The second kappa shape index (κ2) is 8.77. The lowest BCUT2D eigenvalue weighted by Gasteiger charge is -2.38. The van der Waals surface area contributed by atoms with Crippen molar-refractivity contribution >= 4 is 23.6 Å². The zero-order valence-corrected chi connectivity index (χ0v) is 17.8. The number of ether oxygens (including phenoxy) is 2. The highest BCUT2D eigenvalue weighted by molar-refractivity contribution is 5.92. The van der Waals surface area contributed by atoms with E-state index in [1.54, 1.807) is 21.9 Å². The van der Waals surface area contributed by atoms with E-state index in [-0.39, 0.29) is 17.7 Å². The molecule has 1 N–H and O–H groups in total. The van der Waals surface area contributed by atoms with Gasteiger partial charge in [-0.1, -0.05) is 6.58 Å². The van der Waals surface area contributed by atoms with Gasteiger partial charge in [-0.2, -0.15) is 0 Å². The summed E-state index contributed by atoms with van der Waals surface area (Å²) in [6.07, 6.45) is 1.24. The Balaban J connectivity index is 1.58. The van der Waals surface area contributed by atoms with Crippen LogP contribution in [0.2, 0.25) is 0 Å². The van der Waals surface area contributed by atoms with Gasteiger partial charge in [0.25, 0.3) is 0 Å². The second-order valence-electron chi connectivity index (χ2n) is 8.64. The van der Waals surface area contributed by atoms with E-state index in [1.165, 1.54) is 6.08 Å². The Morgan fingerprint density at radius 3 is 2.67 bits per heavy atom. The lowest BCUT2D eigenvalue weighted by molar-refractivity contribution is -0.134. The number of anilines is 1. The van der Waals surface area contributed by atoms with E-state index >= 15 is 0 Å². The summed E-state index contributed by atoms with van der Waals surface area (Å²) in [5, 5.41) is 2.90. The molecular formula is C22H29N3O5. The Bertz CT molecular complexity index is 840. The van der Waals surface area contributed by atoms with Crippen LogP contribution >= 0.6 is 0 Å². The molecule has 8 nitrogen and oxygen atoms in total. The van der Waals surface area contributed by atoms with Crippen LogP contribution < -0.4 is 10.1 Å². The van der Waals surface area contributed by atoms with Crippen LogP contribution in [0.25, 0.3) is 0 Å². The molecule has 3 rings (SSSR count). The van der Waals surface area contributed by atoms with Crippen LogP contribution in [0.5, 0.6) is 5.75 Å². The van der Waals surface area contributed by atoms with Crippen molar-refractivity contribution in [2.75, 3.05) is 31.6 Å². The van der Waals surface area contributed by atoms with Gasteiger partial charge in [0.15, 0.2) is 0 Å². The average molecular weight is 415 g/mol. The van der Waals surface area contributed by atoms with Crippen molar-refractivity contribution < 1.29 is 23.9 Å². The van der Waals surface area contributed by atoms with Gasteiger partial charge in [-0.3, -0.25) is 9.59 Å². The Labute approximate surface area is 176 Å². The van der Waals surface area contributed by atoms with Crippen molar-refractivity contribution in [3.05, 3.63) is 36.4 Å². The third kappa shape index (κ3) is 5.52. The van der Waals surface area contributed by atoms with E-state index in [2.05, 4.69) is 11.9 Å². The highest BCUT2D eigenvalue weighted by Crippen LogP contribution is 2.28. The van der Waals surface area contributed by atoms with E-state index in [4.69, 9.17) is 9.47 Å². The fraction of sp³-hybridized carbons (Fsp3) is 0.500. The van der Waals surface area contributed by atoms with Gasteiger partial charge in [0.05, 0.1) is 13.1 Å². The Hall–Kier alpha value is -3.03. The molecule has 1 fully saturated rings. The summed E-state index contributed by atoms with van der Waals surface area (Å²) in [6, 6.07) is 5.41. The molecule has 3 amide bonds. The van der Waals surface area contributed by atoms with Gasteiger partial charge in [0.1, 0.15) is 18.0 Å². The summed E-state index contributed by atoms with van der Waals surface area (Å²) in [7, 11) is 0. The van der Waals surface area contributed by atoms with Crippen molar-refractivity contribution in [2.45, 2.75) is 39.3 Å². The first kappa shape index (κ1) is 21.7. The number of rotatable bonds is 4. The molecule has 0 radical (unpaired) electrons. The van der Waals surface area contributed by atoms with Crippen LogP contribution in [0.15, 0.2) is 30.9 Å². The molecule has 0 bridgehead atoms. The van der Waals surface area contributed by atoms with Crippen LogP contribution in [0, 0.1) is 5.92 Å². The smallest absolute Gasteiger partial charge is 0.410 e. The van der Waals surface area contributed by atoms with Gasteiger partial charge in [-0.25, -0.2) is 4.79 Å². The molecule has 1 aromatic carbocycles. The van der Waals surface area contributed by atoms with E-state index in [9.17, 15) is 14.4 Å². The number of nitrogens with one attached hydrogen (secondary N) is 1. The Morgan fingerprint density at radius 1 is 1.27 bits per heavy atom. The van der Waals surface area contributed by atoms with Crippen molar-refractivity contribution in [1.82, 2.24) is 9.80 Å². The lowest BCUT2D eigenvalue weighted by atomic mass is 9.95. The second-order valence-corrected chi connectivity index (χ2v) is 8.64. The van der Waals surface area contributed by atoms with Crippen LogP contribution in [-0.2, 0) is 20.9 Å². The van der Waals surface area contributed by atoms with Crippen molar-refractivity contribution in [3.63, 3.8) is 0 Å². The number of fused-ring (bicyclic) bond motifs is 1. The number of likely N-dealkylation sites (tertiary alicyclic amines) is 1. The molecule has 1 aromatic rings. The lowest BCUT2D eigenvalue weighted by Crippen LogP contribution is -2.50. The first-order valence-electron chi connectivity index (χ1n) is 10.1. The van der Waals surface area contributed by atoms with Gasteiger partial charge in [-0.05, 0) is 45.0 Å². The number of hydrogen-bond acceptors (Lipinski definition) is 5. The predicted octanol–water partition coefficient (Wildman–Crippen LogP) is 2.79. The number of amides is 3. The third-order valence-corrected chi connectivity index (χ3v) is 4.89. The highest BCUT2D eigenvalue weighted by Gasteiger charge is 2.31. The normalized spacial score (nSPS) is 16.5. The number of nitrogens with zero attached hydrogens (tertiary/aromatic N) is 2. The molecule has 2 aliphatic rings. The molecule has 2 aliphatic heterocycles. The molecule has 0 atom stereocenters. The predicted molar refractivity (Wildman–Crippen MR) is 112 cm³/mol. The first-order valence-corrected chi connectivity index (χ1v) is 10.1. The molecule has 162 valence electrons. The summed E-state index contributed by atoms with van der Waals surface area (Å²) in [5.41, 5.74) is 0.880.